The van der Waals surface area contributed by atoms with Crippen LogP contribution in [-0.4, -0.2) is 28.9 Å². The van der Waals surface area contributed by atoms with Gasteiger partial charge in [0.25, 0.3) is 5.91 Å². The van der Waals surface area contributed by atoms with Crippen LogP contribution in [0.4, 0.5) is 11.4 Å². The molecule has 6 heteroatoms. The number of aromatic nitrogens is 2. The number of nitrogen functional groups attached to an aromatic ring is 1. The zero-order valence-electron chi connectivity index (χ0n) is 12.9. The number of amides is 1. The SMILES string of the molecule is Cc1cc(N)c2nc(-c3ccc4c(c3)N(C)C(=O)CO4)cn2c1. The smallest absolute Gasteiger partial charge is 0.264 e. The Morgan fingerprint density at radius 2 is 2.09 bits per heavy atom. The molecule has 4 rings (SSSR count). The van der Waals surface area contributed by atoms with Crippen LogP contribution < -0.4 is 15.4 Å². The molecule has 0 atom stereocenters. The minimum Gasteiger partial charge on any atom is -0.482 e. The molecule has 1 aliphatic rings. The summed E-state index contributed by atoms with van der Waals surface area (Å²) in [5, 5.41) is 0. The second-order valence-corrected chi connectivity index (χ2v) is 5.75. The van der Waals surface area contributed by atoms with Gasteiger partial charge < -0.3 is 19.8 Å². The first-order valence-corrected chi connectivity index (χ1v) is 7.31. The highest BCUT2D eigenvalue weighted by Crippen LogP contribution is 2.35. The number of aryl methyl sites for hydroxylation is 1. The lowest BCUT2D eigenvalue weighted by Crippen LogP contribution is -2.35. The molecule has 116 valence electrons. The molecular formula is C17H16N4O2. The van der Waals surface area contributed by atoms with Gasteiger partial charge in [-0.1, -0.05) is 0 Å². The number of benzene rings is 1. The monoisotopic (exact) mass is 308 g/mol. The highest BCUT2D eigenvalue weighted by Gasteiger charge is 2.23. The molecule has 0 radical (unpaired) electrons. The van der Waals surface area contributed by atoms with Crippen LogP contribution in [0.1, 0.15) is 5.56 Å². The Labute approximate surface area is 133 Å². The third-order valence-electron chi connectivity index (χ3n) is 4.06. The minimum atomic E-state index is -0.0653. The fraction of sp³-hybridized carbons (Fsp3) is 0.176. The number of imidazole rings is 1. The summed E-state index contributed by atoms with van der Waals surface area (Å²) in [4.78, 5) is 18.0. The van der Waals surface area contributed by atoms with E-state index in [1.807, 2.05) is 48.0 Å². The zero-order valence-corrected chi connectivity index (χ0v) is 12.9. The van der Waals surface area contributed by atoms with Gasteiger partial charge in [-0.2, -0.15) is 0 Å². The summed E-state index contributed by atoms with van der Waals surface area (Å²) in [7, 11) is 1.75. The number of rotatable bonds is 1. The van der Waals surface area contributed by atoms with Crippen molar-refractivity contribution < 1.29 is 9.53 Å². The van der Waals surface area contributed by atoms with Gasteiger partial charge >= 0.3 is 0 Å². The summed E-state index contributed by atoms with van der Waals surface area (Å²) in [6, 6.07) is 7.62. The van der Waals surface area contributed by atoms with Gasteiger partial charge in [0.2, 0.25) is 0 Å². The summed E-state index contributed by atoms with van der Waals surface area (Å²) < 4.78 is 7.38. The molecule has 6 nitrogen and oxygen atoms in total. The quantitative estimate of drug-likeness (QED) is 0.748. The number of pyridine rings is 1. The number of hydrogen-bond donors (Lipinski definition) is 1. The van der Waals surface area contributed by atoms with Crippen molar-refractivity contribution in [2.75, 3.05) is 24.3 Å². The lowest BCUT2D eigenvalue weighted by atomic mass is 10.1. The van der Waals surface area contributed by atoms with Crippen molar-refractivity contribution in [3.05, 3.63) is 42.2 Å². The van der Waals surface area contributed by atoms with E-state index >= 15 is 0 Å². The third-order valence-corrected chi connectivity index (χ3v) is 4.06. The fourth-order valence-corrected chi connectivity index (χ4v) is 2.84. The molecule has 3 heterocycles. The Morgan fingerprint density at radius 1 is 1.26 bits per heavy atom. The van der Waals surface area contributed by atoms with E-state index in [-0.39, 0.29) is 12.5 Å². The Hall–Kier alpha value is -3.02. The molecule has 1 aromatic carbocycles. The van der Waals surface area contributed by atoms with Crippen molar-refractivity contribution in [1.29, 1.82) is 0 Å². The highest BCUT2D eigenvalue weighted by atomic mass is 16.5. The number of anilines is 2. The van der Waals surface area contributed by atoms with Crippen LogP contribution in [0.5, 0.6) is 5.75 Å². The van der Waals surface area contributed by atoms with E-state index in [1.165, 1.54) is 0 Å². The van der Waals surface area contributed by atoms with Crippen molar-refractivity contribution >= 4 is 22.9 Å². The summed E-state index contributed by atoms with van der Waals surface area (Å²) in [6.45, 7) is 2.07. The summed E-state index contributed by atoms with van der Waals surface area (Å²) in [5.41, 5.74) is 10.9. The average Bonchev–Trinajstić information content (AvgIpc) is 2.95. The number of carbonyl (C=O) groups is 1. The van der Waals surface area contributed by atoms with Gasteiger partial charge in [0.15, 0.2) is 12.3 Å². The van der Waals surface area contributed by atoms with Gasteiger partial charge in [-0.25, -0.2) is 4.98 Å². The molecule has 1 aliphatic heterocycles. The number of nitrogens with two attached hydrogens (primary N) is 1. The molecule has 0 spiro atoms. The van der Waals surface area contributed by atoms with Crippen LogP contribution in [-0.2, 0) is 4.79 Å². The van der Waals surface area contributed by atoms with Crippen LogP contribution in [0, 0.1) is 6.92 Å². The maximum atomic E-state index is 11.8. The first kappa shape index (κ1) is 13.6. The second kappa shape index (κ2) is 4.74. The van der Waals surface area contributed by atoms with E-state index in [1.54, 1.807) is 11.9 Å². The Kier molecular flexibility index (Phi) is 2.81. The minimum absolute atomic E-state index is 0.0653. The zero-order chi connectivity index (χ0) is 16.1. The lowest BCUT2D eigenvalue weighted by molar-refractivity contribution is -0.120. The number of ether oxygens (including phenoxy) is 1. The number of fused-ring (bicyclic) bond motifs is 2. The van der Waals surface area contributed by atoms with Crippen molar-refractivity contribution in [2.24, 2.45) is 0 Å². The van der Waals surface area contributed by atoms with E-state index in [0.717, 1.165) is 28.2 Å². The molecule has 0 aliphatic carbocycles. The largest absolute Gasteiger partial charge is 0.482 e. The maximum Gasteiger partial charge on any atom is 0.264 e. The normalized spacial score (nSPS) is 14.0. The Morgan fingerprint density at radius 3 is 2.91 bits per heavy atom. The van der Waals surface area contributed by atoms with E-state index in [0.29, 0.717) is 11.4 Å². The van der Waals surface area contributed by atoms with Gasteiger partial charge in [0.1, 0.15) is 5.75 Å². The maximum absolute atomic E-state index is 11.8. The molecule has 1 amide bonds. The number of likely N-dealkylation sites (N-methyl/N-ethyl adjacent to an activating group) is 1. The Bertz CT molecular complexity index is 945. The van der Waals surface area contributed by atoms with E-state index in [9.17, 15) is 4.79 Å². The molecule has 3 aromatic rings. The van der Waals surface area contributed by atoms with Gasteiger partial charge in [-0.3, -0.25) is 4.79 Å². The van der Waals surface area contributed by atoms with Crippen LogP contribution in [0.2, 0.25) is 0 Å². The highest BCUT2D eigenvalue weighted by molar-refractivity contribution is 5.98. The van der Waals surface area contributed by atoms with Crippen molar-refractivity contribution in [1.82, 2.24) is 9.38 Å². The van der Waals surface area contributed by atoms with E-state index in [2.05, 4.69) is 4.98 Å². The van der Waals surface area contributed by atoms with Gasteiger partial charge in [-0.05, 0) is 36.8 Å². The van der Waals surface area contributed by atoms with Crippen LogP contribution in [0.3, 0.4) is 0 Å². The van der Waals surface area contributed by atoms with Gasteiger partial charge in [0.05, 0.1) is 17.1 Å². The first-order chi connectivity index (χ1) is 11.0. The predicted molar refractivity (Wildman–Crippen MR) is 88.7 cm³/mol. The lowest BCUT2D eigenvalue weighted by Gasteiger charge is -2.26. The fourth-order valence-electron chi connectivity index (χ4n) is 2.84. The summed E-state index contributed by atoms with van der Waals surface area (Å²) >= 11 is 0. The van der Waals surface area contributed by atoms with Crippen LogP contribution in [0.25, 0.3) is 16.9 Å². The number of carbonyl (C=O) groups excluding carboxylic acids is 1. The molecule has 0 fully saturated rings. The topological polar surface area (TPSA) is 72.9 Å². The first-order valence-electron chi connectivity index (χ1n) is 7.31. The molecule has 2 aromatic heterocycles. The van der Waals surface area contributed by atoms with Crippen molar-refractivity contribution in [2.45, 2.75) is 6.92 Å². The summed E-state index contributed by atoms with van der Waals surface area (Å²) in [6.07, 6.45) is 3.92. The predicted octanol–water partition coefficient (Wildman–Crippen LogP) is 2.25. The Balaban J connectivity index is 1.85. The van der Waals surface area contributed by atoms with Crippen LogP contribution >= 0.6 is 0 Å². The van der Waals surface area contributed by atoms with Crippen molar-refractivity contribution in [3.63, 3.8) is 0 Å². The molecule has 23 heavy (non-hydrogen) atoms. The van der Waals surface area contributed by atoms with E-state index < -0.39 is 0 Å². The third kappa shape index (κ3) is 2.11. The molecular weight excluding hydrogens is 292 g/mol. The van der Waals surface area contributed by atoms with E-state index in [4.69, 9.17) is 10.5 Å². The van der Waals surface area contributed by atoms with Crippen molar-refractivity contribution in [3.8, 4) is 17.0 Å². The van der Waals surface area contributed by atoms with Gasteiger partial charge in [-0.15, -0.1) is 0 Å². The molecule has 0 unspecified atom stereocenters. The molecule has 2 N–H and O–H groups in total. The standard InChI is InChI=1S/C17H16N4O2/c1-10-5-12(18)17-19-13(8-21(17)7-10)11-3-4-15-14(6-11)20(2)16(22)9-23-15/h3-8H,9,18H2,1-2H3. The second-order valence-electron chi connectivity index (χ2n) is 5.75. The molecule has 0 saturated heterocycles. The molecule has 0 bridgehead atoms. The average molecular weight is 308 g/mol. The van der Waals surface area contributed by atoms with Gasteiger partial charge in [0, 0.05) is 25.0 Å². The summed E-state index contributed by atoms with van der Waals surface area (Å²) in [5.74, 6) is 0.638. The molecule has 0 saturated carbocycles. The van der Waals surface area contributed by atoms with Crippen LogP contribution in [0.15, 0.2) is 36.7 Å². The number of nitrogens with zero attached hydrogens (tertiary/aromatic N) is 3. The number of hydrogen-bond acceptors (Lipinski definition) is 4.